The maximum atomic E-state index is 11.9. The van der Waals surface area contributed by atoms with E-state index in [1.54, 1.807) is 29.7 Å². The van der Waals surface area contributed by atoms with Gasteiger partial charge in [0.05, 0.1) is 16.8 Å². The molecule has 1 aromatic carbocycles. The Morgan fingerprint density at radius 3 is 2.74 bits per heavy atom. The van der Waals surface area contributed by atoms with E-state index in [9.17, 15) is 4.79 Å². The molecule has 5 heteroatoms. The highest BCUT2D eigenvalue weighted by molar-refractivity contribution is 7.13. The fourth-order valence-corrected chi connectivity index (χ4v) is 2.61. The monoisotopic (exact) mass is 292 g/mol. The quantitative estimate of drug-likeness (QED) is 0.679. The fraction of sp³-hybridized carbons (Fsp3) is 0.143. The van der Waals surface area contributed by atoms with Gasteiger partial charge in [-0.1, -0.05) is 17.7 Å². The van der Waals surface area contributed by atoms with E-state index in [2.05, 4.69) is 10.5 Å². The molecular formula is C14H13ClN2OS. The molecule has 1 heterocycles. The molecule has 0 atom stereocenters. The molecule has 2 rings (SSSR count). The number of rotatable bonds is 3. The number of carbonyl (C=O) groups is 1. The van der Waals surface area contributed by atoms with Gasteiger partial charge in [0, 0.05) is 9.75 Å². The molecule has 0 saturated carbocycles. The number of aryl methyl sites for hydroxylation is 2. The summed E-state index contributed by atoms with van der Waals surface area (Å²) in [6, 6.07) is 9.24. The van der Waals surface area contributed by atoms with Gasteiger partial charge in [-0.05, 0) is 43.7 Å². The van der Waals surface area contributed by atoms with Crippen LogP contribution in [0.3, 0.4) is 0 Å². The number of nitrogens with zero attached hydrogens (tertiary/aromatic N) is 1. The van der Waals surface area contributed by atoms with Crippen LogP contribution in [0.1, 0.15) is 25.7 Å². The summed E-state index contributed by atoms with van der Waals surface area (Å²) < 4.78 is 0. The minimum atomic E-state index is -0.311. The number of thiophene rings is 1. The Labute approximate surface area is 120 Å². The van der Waals surface area contributed by atoms with Gasteiger partial charge in [0.25, 0.3) is 5.91 Å². The second kappa shape index (κ2) is 5.99. The lowest BCUT2D eigenvalue weighted by molar-refractivity contribution is 0.0955. The molecule has 0 radical (unpaired) electrons. The van der Waals surface area contributed by atoms with Crippen LogP contribution in [0, 0.1) is 13.8 Å². The third-order valence-electron chi connectivity index (χ3n) is 2.49. The van der Waals surface area contributed by atoms with Crippen molar-refractivity contribution < 1.29 is 4.79 Å². The molecule has 1 amide bonds. The van der Waals surface area contributed by atoms with Crippen LogP contribution in [-0.2, 0) is 0 Å². The van der Waals surface area contributed by atoms with Gasteiger partial charge in [-0.3, -0.25) is 4.79 Å². The van der Waals surface area contributed by atoms with Crippen LogP contribution in [0.25, 0.3) is 0 Å². The molecular weight excluding hydrogens is 280 g/mol. The number of hydrogen-bond donors (Lipinski definition) is 1. The van der Waals surface area contributed by atoms with Crippen molar-refractivity contribution in [3.05, 3.63) is 56.2 Å². The average molecular weight is 293 g/mol. The van der Waals surface area contributed by atoms with Gasteiger partial charge in [0.15, 0.2) is 0 Å². The predicted molar refractivity (Wildman–Crippen MR) is 80.3 cm³/mol. The summed E-state index contributed by atoms with van der Waals surface area (Å²) in [7, 11) is 0. The Bertz CT molecular complexity index is 634. The molecule has 0 unspecified atom stereocenters. The molecule has 0 aliphatic carbocycles. The number of amides is 1. The van der Waals surface area contributed by atoms with E-state index in [-0.39, 0.29) is 5.91 Å². The second-order valence-electron chi connectivity index (χ2n) is 4.13. The van der Waals surface area contributed by atoms with Crippen LogP contribution in [0.5, 0.6) is 0 Å². The Balaban J connectivity index is 2.03. The maximum Gasteiger partial charge on any atom is 0.272 e. The van der Waals surface area contributed by atoms with Crippen molar-refractivity contribution in [2.45, 2.75) is 13.8 Å². The van der Waals surface area contributed by atoms with Crippen LogP contribution in [0.2, 0.25) is 5.02 Å². The normalized spacial score (nSPS) is 10.9. The number of hydrogen-bond acceptors (Lipinski definition) is 3. The van der Waals surface area contributed by atoms with E-state index in [1.807, 2.05) is 32.0 Å². The van der Waals surface area contributed by atoms with Crippen molar-refractivity contribution in [3.8, 4) is 0 Å². The van der Waals surface area contributed by atoms with Crippen LogP contribution in [0.15, 0.2) is 35.4 Å². The van der Waals surface area contributed by atoms with E-state index in [4.69, 9.17) is 11.6 Å². The van der Waals surface area contributed by atoms with Gasteiger partial charge in [0.1, 0.15) is 0 Å². The first kappa shape index (κ1) is 13.8. The van der Waals surface area contributed by atoms with Crippen molar-refractivity contribution in [1.82, 2.24) is 5.43 Å². The Morgan fingerprint density at radius 1 is 1.32 bits per heavy atom. The van der Waals surface area contributed by atoms with Gasteiger partial charge in [-0.15, -0.1) is 11.3 Å². The highest BCUT2D eigenvalue weighted by atomic mass is 35.5. The first-order valence-electron chi connectivity index (χ1n) is 5.72. The number of benzene rings is 1. The third kappa shape index (κ3) is 3.66. The molecule has 0 fully saturated rings. The molecule has 1 aromatic heterocycles. The zero-order valence-corrected chi connectivity index (χ0v) is 12.2. The summed E-state index contributed by atoms with van der Waals surface area (Å²) >= 11 is 7.63. The smallest absolute Gasteiger partial charge is 0.267 e. The minimum absolute atomic E-state index is 0.311. The largest absolute Gasteiger partial charge is 0.272 e. The minimum Gasteiger partial charge on any atom is -0.267 e. The van der Waals surface area contributed by atoms with Gasteiger partial charge in [0.2, 0.25) is 0 Å². The molecule has 0 saturated heterocycles. The maximum absolute atomic E-state index is 11.9. The number of hydrazone groups is 1. The number of nitrogens with one attached hydrogen (secondary N) is 1. The van der Waals surface area contributed by atoms with Gasteiger partial charge in [-0.25, -0.2) is 5.43 Å². The van der Waals surface area contributed by atoms with Crippen LogP contribution in [0.4, 0.5) is 0 Å². The van der Waals surface area contributed by atoms with Gasteiger partial charge < -0.3 is 0 Å². The Hall–Kier alpha value is -1.65. The van der Waals surface area contributed by atoms with Crippen molar-refractivity contribution in [1.29, 1.82) is 0 Å². The fourth-order valence-electron chi connectivity index (χ4n) is 1.54. The Morgan fingerprint density at radius 2 is 2.11 bits per heavy atom. The standard InChI is InChI=1S/C14H13ClN2OS/c1-9-3-6-12(13(15)7-9)14(18)17-16-8-11-5-4-10(2)19-11/h3-8H,1-2H3,(H,17,18). The van der Waals surface area contributed by atoms with Crippen LogP contribution in [-0.4, -0.2) is 12.1 Å². The van der Waals surface area contributed by atoms with Crippen LogP contribution >= 0.6 is 22.9 Å². The summed E-state index contributed by atoms with van der Waals surface area (Å²) in [4.78, 5) is 14.1. The topological polar surface area (TPSA) is 41.5 Å². The zero-order valence-electron chi connectivity index (χ0n) is 10.6. The van der Waals surface area contributed by atoms with E-state index >= 15 is 0 Å². The van der Waals surface area contributed by atoms with E-state index in [0.717, 1.165) is 10.4 Å². The first-order chi connectivity index (χ1) is 9.06. The average Bonchev–Trinajstić information content (AvgIpc) is 2.75. The highest BCUT2D eigenvalue weighted by Gasteiger charge is 2.08. The first-order valence-corrected chi connectivity index (χ1v) is 6.92. The zero-order chi connectivity index (χ0) is 13.8. The van der Waals surface area contributed by atoms with Gasteiger partial charge in [-0.2, -0.15) is 5.10 Å². The summed E-state index contributed by atoms with van der Waals surface area (Å²) in [5.74, 6) is -0.311. The summed E-state index contributed by atoms with van der Waals surface area (Å²) in [5.41, 5.74) is 3.91. The van der Waals surface area contributed by atoms with Crippen molar-refractivity contribution in [3.63, 3.8) is 0 Å². The highest BCUT2D eigenvalue weighted by Crippen LogP contribution is 2.17. The molecule has 0 bridgehead atoms. The summed E-state index contributed by atoms with van der Waals surface area (Å²) in [6.45, 7) is 3.94. The van der Waals surface area contributed by atoms with E-state index < -0.39 is 0 Å². The number of carbonyl (C=O) groups excluding carboxylic acids is 1. The number of halogens is 1. The lowest BCUT2D eigenvalue weighted by atomic mass is 10.1. The second-order valence-corrected chi connectivity index (χ2v) is 5.86. The van der Waals surface area contributed by atoms with E-state index in [1.165, 1.54) is 4.88 Å². The molecule has 0 spiro atoms. The molecule has 0 aliphatic rings. The lowest BCUT2D eigenvalue weighted by Crippen LogP contribution is -2.17. The summed E-state index contributed by atoms with van der Waals surface area (Å²) in [5, 5.41) is 4.35. The molecule has 0 aliphatic heterocycles. The Kier molecular flexibility index (Phi) is 4.35. The van der Waals surface area contributed by atoms with Gasteiger partial charge >= 0.3 is 0 Å². The van der Waals surface area contributed by atoms with Crippen LogP contribution < -0.4 is 5.43 Å². The molecule has 1 N–H and O–H groups in total. The molecule has 98 valence electrons. The molecule has 19 heavy (non-hydrogen) atoms. The molecule has 2 aromatic rings. The van der Waals surface area contributed by atoms with Crippen molar-refractivity contribution in [2.24, 2.45) is 5.10 Å². The lowest BCUT2D eigenvalue weighted by Gasteiger charge is -2.03. The molecule has 3 nitrogen and oxygen atoms in total. The summed E-state index contributed by atoms with van der Waals surface area (Å²) in [6.07, 6.45) is 1.62. The van der Waals surface area contributed by atoms with Crippen molar-refractivity contribution in [2.75, 3.05) is 0 Å². The predicted octanol–water partition coefficient (Wildman–Crippen LogP) is 3.78. The third-order valence-corrected chi connectivity index (χ3v) is 3.74. The van der Waals surface area contributed by atoms with E-state index in [0.29, 0.717) is 10.6 Å². The SMILES string of the molecule is Cc1ccc(C(=O)NN=Cc2ccc(C)s2)c(Cl)c1. The van der Waals surface area contributed by atoms with Crippen molar-refractivity contribution >= 4 is 35.1 Å².